The van der Waals surface area contributed by atoms with Crippen LogP contribution in [0.25, 0.3) is 0 Å². The molecule has 0 radical (unpaired) electrons. The Hall–Kier alpha value is -3.68. The molecule has 0 saturated heterocycles. The molecular formula is C27H32O8. The Morgan fingerprint density at radius 1 is 0.457 bits per heavy atom. The SMILES string of the molecule is O=C(CCCCCCCC(=O)OCOC(=O)Cc1ccccc1)OCOC(=O)Cc1ccccc1. The Labute approximate surface area is 205 Å². The summed E-state index contributed by atoms with van der Waals surface area (Å²) in [6, 6.07) is 18.3. The van der Waals surface area contributed by atoms with E-state index in [1.54, 1.807) is 0 Å². The van der Waals surface area contributed by atoms with Crippen molar-refractivity contribution in [3.63, 3.8) is 0 Å². The molecule has 0 atom stereocenters. The molecule has 8 nitrogen and oxygen atoms in total. The highest BCUT2D eigenvalue weighted by molar-refractivity contribution is 5.73. The molecule has 0 aliphatic carbocycles. The van der Waals surface area contributed by atoms with Crippen LogP contribution < -0.4 is 0 Å². The Kier molecular flexibility index (Phi) is 13.3. The van der Waals surface area contributed by atoms with Gasteiger partial charge in [0.15, 0.2) is 0 Å². The van der Waals surface area contributed by atoms with Crippen molar-refractivity contribution in [2.75, 3.05) is 13.6 Å². The largest absolute Gasteiger partial charge is 0.428 e. The summed E-state index contributed by atoms with van der Waals surface area (Å²) in [6.45, 7) is -0.762. The number of carbonyl (C=O) groups is 4. The zero-order valence-electron chi connectivity index (χ0n) is 19.8. The van der Waals surface area contributed by atoms with Gasteiger partial charge in [-0.1, -0.05) is 79.9 Å². The lowest BCUT2D eigenvalue weighted by atomic mass is 10.1. The lowest BCUT2D eigenvalue weighted by Crippen LogP contribution is -2.14. The minimum atomic E-state index is -0.451. The lowest BCUT2D eigenvalue weighted by molar-refractivity contribution is -0.168. The van der Waals surface area contributed by atoms with Crippen molar-refractivity contribution in [3.05, 3.63) is 71.8 Å². The molecule has 2 aromatic carbocycles. The van der Waals surface area contributed by atoms with Gasteiger partial charge in [-0.2, -0.15) is 0 Å². The average Bonchev–Trinajstić information content (AvgIpc) is 2.84. The molecule has 8 heteroatoms. The monoisotopic (exact) mass is 484 g/mol. The number of rotatable bonds is 16. The Morgan fingerprint density at radius 3 is 1.20 bits per heavy atom. The van der Waals surface area contributed by atoms with Gasteiger partial charge in [-0.25, -0.2) is 0 Å². The summed E-state index contributed by atoms with van der Waals surface area (Å²) in [7, 11) is 0. The fraction of sp³-hybridized carbons (Fsp3) is 0.407. The third-order valence-electron chi connectivity index (χ3n) is 5.02. The van der Waals surface area contributed by atoms with Gasteiger partial charge >= 0.3 is 23.9 Å². The predicted octanol–water partition coefficient (Wildman–Crippen LogP) is 4.29. The van der Waals surface area contributed by atoms with E-state index in [9.17, 15) is 19.2 Å². The molecule has 2 aromatic rings. The van der Waals surface area contributed by atoms with Crippen molar-refractivity contribution in [3.8, 4) is 0 Å². The number of carbonyl (C=O) groups excluding carboxylic acids is 4. The second kappa shape index (κ2) is 16.9. The van der Waals surface area contributed by atoms with Crippen LogP contribution in [-0.4, -0.2) is 37.5 Å². The topological polar surface area (TPSA) is 105 Å². The maximum atomic E-state index is 11.7. The first-order valence-corrected chi connectivity index (χ1v) is 11.7. The highest BCUT2D eigenvalue weighted by Gasteiger charge is 2.09. The number of benzene rings is 2. The smallest absolute Gasteiger partial charge is 0.313 e. The van der Waals surface area contributed by atoms with E-state index in [1.165, 1.54) is 0 Å². The number of unbranched alkanes of at least 4 members (excludes halogenated alkanes) is 4. The third-order valence-corrected chi connectivity index (χ3v) is 5.02. The molecular weight excluding hydrogens is 452 g/mol. The highest BCUT2D eigenvalue weighted by atomic mass is 16.7. The Balaban J connectivity index is 1.38. The molecule has 0 unspecified atom stereocenters. The van der Waals surface area contributed by atoms with Gasteiger partial charge in [-0.3, -0.25) is 19.2 Å². The standard InChI is InChI=1S/C27H32O8/c28-24(32-20-34-26(30)18-22-12-6-4-7-13-22)16-10-2-1-3-11-17-25(29)33-21-35-27(31)19-23-14-8-5-9-15-23/h4-9,12-15H,1-3,10-11,16-21H2. The van der Waals surface area contributed by atoms with Crippen LogP contribution in [0.15, 0.2) is 60.7 Å². The average molecular weight is 485 g/mol. The summed E-state index contributed by atoms with van der Waals surface area (Å²) in [5, 5.41) is 0. The molecule has 0 aromatic heterocycles. The van der Waals surface area contributed by atoms with Crippen molar-refractivity contribution in [1.82, 2.24) is 0 Å². The predicted molar refractivity (Wildman–Crippen MR) is 127 cm³/mol. The van der Waals surface area contributed by atoms with E-state index in [2.05, 4.69) is 0 Å². The van der Waals surface area contributed by atoms with Crippen molar-refractivity contribution >= 4 is 23.9 Å². The molecule has 0 heterocycles. The quantitative estimate of drug-likeness (QED) is 0.197. The molecule has 0 bridgehead atoms. The highest BCUT2D eigenvalue weighted by Crippen LogP contribution is 2.09. The second-order valence-corrected chi connectivity index (χ2v) is 7.89. The first-order chi connectivity index (χ1) is 17.0. The third kappa shape index (κ3) is 13.6. The lowest BCUT2D eigenvalue weighted by Gasteiger charge is -2.07. The van der Waals surface area contributed by atoms with Crippen molar-refractivity contribution in [2.24, 2.45) is 0 Å². The van der Waals surface area contributed by atoms with Crippen molar-refractivity contribution < 1.29 is 38.1 Å². The summed E-state index contributed by atoms with van der Waals surface area (Å²) in [5.41, 5.74) is 1.67. The maximum absolute atomic E-state index is 11.7. The minimum absolute atomic E-state index is 0.130. The molecule has 0 amide bonds. The van der Waals surface area contributed by atoms with Gasteiger partial charge in [0.2, 0.25) is 13.6 Å². The molecule has 0 aliphatic heterocycles. The minimum Gasteiger partial charge on any atom is -0.428 e. The van der Waals surface area contributed by atoms with Gasteiger partial charge in [-0.15, -0.1) is 0 Å². The Morgan fingerprint density at radius 2 is 0.800 bits per heavy atom. The van der Waals surface area contributed by atoms with Gasteiger partial charge in [0, 0.05) is 12.8 Å². The maximum Gasteiger partial charge on any atom is 0.313 e. The van der Waals surface area contributed by atoms with Crippen molar-refractivity contribution in [2.45, 2.75) is 57.8 Å². The van der Waals surface area contributed by atoms with E-state index in [0.717, 1.165) is 30.4 Å². The normalized spacial score (nSPS) is 10.3. The summed E-state index contributed by atoms with van der Waals surface area (Å²) in [5.74, 6) is -1.73. The van der Waals surface area contributed by atoms with E-state index < -0.39 is 23.9 Å². The summed E-state index contributed by atoms with van der Waals surface area (Å²) < 4.78 is 19.7. The first-order valence-electron chi connectivity index (χ1n) is 11.7. The van der Waals surface area contributed by atoms with E-state index in [4.69, 9.17) is 18.9 Å². The molecule has 0 fully saturated rings. The number of ether oxygens (including phenoxy) is 4. The van der Waals surface area contributed by atoms with Gasteiger partial charge in [0.25, 0.3) is 0 Å². The molecule has 0 N–H and O–H groups in total. The fourth-order valence-electron chi connectivity index (χ4n) is 3.16. The number of hydrogen-bond donors (Lipinski definition) is 0. The second-order valence-electron chi connectivity index (χ2n) is 7.89. The molecule has 0 spiro atoms. The first kappa shape index (κ1) is 27.6. The molecule has 35 heavy (non-hydrogen) atoms. The van der Waals surface area contributed by atoms with Crippen LogP contribution in [0, 0.1) is 0 Å². The van der Waals surface area contributed by atoms with Crippen LogP contribution >= 0.6 is 0 Å². The molecule has 0 saturated carbocycles. The number of esters is 4. The van der Waals surface area contributed by atoms with Crippen LogP contribution in [0.4, 0.5) is 0 Å². The van der Waals surface area contributed by atoms with E-state index >= 15 is 0 Å². The Bertz CT molecular complexity index is 836. The van der Waals surface area contributed by atoms with Gasteiger partial charge in [0.05, 0.1) is 12.8 Å². The fourth-order valence-corrected chi connectivity index (χ4v) is 3.16. The molecule has 0 aliphatic rings. The zero-order chi connectivity index (χ0) is 25.1. The summed E-state index contributed by atoms with van der Waals surface area (Å²) in [6.07, 6.45) is 4.54. The molecule has 188 valence electrons. The van der Waals surface area contributed by atoms with E-state index in [-0.39, 0.29) is 39.3 Å². The van der Waals surface area contributed by atoms with Gasteiger partial charge in [0.1, 0.15) is 0 Å². The van der Waals surface area contributed by atoms with Crippen molar-refractivity contribution in [1.29, 1.82) is 0 Å². The molecule has 2 rings (SSSR count). The van der Waals surface area contributed by atoms with Crippen LogP contribution in [-0.2, 0) is 51.0 Å². The number of hydrogen-bond acceptors (Lipinski definition) is 8. The summed E-state index contributed by atoms with van der Waals surface area (Å²) in [4.78, 5) is 46.8. The van der Waals surface area contributed by atoms with Gasteiger partial charge in [-0.05, 0) is 24.0 Å². The zero-order valence-corrected chi connectivity index (χ0v) is 19.8. The van der Waals surface area contributed by atoms with E-state index in [1.807, 2.05) is 60.7 Å². The van der Waals surface area contributed by atoms with Crippen LogP contribution in [0.3, 0.4) is 0 Å². The van der Waals surface area contributed by atoms with Crippen LogP contribution in [0.5, 0.6) is 0 Å². The van der Waals surface area contributed by atoms with Crippen LogP contribution in [0.2, 0.25) is 0 Å². The summed E-state index contributed by atoms with van der Waals surface area (Å²) >= 11 is 0. The van der Waals surface area contributed by atoms with Gasteiger partial charge < -0.3 is 18.9 Å². The van der Waals surface area contributed by atoms with E-state index in [0.29, 0.717) is 12.8 Å². The van der Waals surface area contributed by atoms with Crippen LogP contribution in [0.1, 0.15) is 56.1 Å².